The third-order valence-electron chi connectivity index (χ3n) is 5.49. The van der Waals surface area contributed by atoms with E-state index in [0.29, 0.717) is 18.0 Å². The molecule has 0 saturated carbocycles. The average Bonchev–Trinajstić information content (AvgIpc) is 3.15. The first-order valence-corrected chi connectivity index (χ1v) is 10.0. The Bertz CT molecular complexity index is 870. The predicted molar refractivity (Wildman–Crippen MR) is 105 cm³/mol. The van der Waals surface area contributed by atoms with Gasteiger partial charge in [0.2, 0.25) is 5.91 Å². The third-order valence-corrected chi connectivity index (χ3v) is 5.49. The minimum absolute atomic E-state index is 0.0235. The zero-order valence-electron chi connectivity index (χ0n) is 16.2. The molecule has 1 fully saturated rings. The van der Waals surface area contributed by atoms with Gasteiger partial charge >= 0.3 is 0 Å². The molecule has 2 aliphatic heterocycles. The minimum Gasteiger partial charge on any atom is -0.483 e. The number of carbonyl (C=O) groups excluding carboxylic acids is 2. The molecule has 7 heteroatoms. The van der Waals surface area contributed by atoms with Crippen LogP contribution in [0.25, 0.3) is 0 Å². The molecule has 3 heterocycles. The molecule has 0 aliphatic carbocycles. The Labute approximate surface area is 164 Å². The summed E-state index contributed by atoms with van der Waals surface area (Å²) in [5, 5.41) is 7.30. The van der Waals surface area contributed by atoms with E-state index in [4.69, 9.17) is 4.74 Å². The largest absolute Gasteiger partial charge is 0.483 e. The van der Waals surface area contributed by atoms with Crippen molar-refractivity contribution in [3.63, 3.8) is 0 Å². The quantitative estimate of drug-likeness (QED) is 0.863. The summed E-state index contributed by atoms with van der Waals surface area (Å²) in [4.78, 5) is 26.6. The third kappa shape index (κ3) is 3.74. The molecule has 0 bridgehead atoms. The Morgan fingerprint density at radius 1 is 1.21 bits per heavy atom. The highest BCUT2D eigenvalue weighted by Crippen LogP contribution is 2.40. The van der Waals surface area contributed by atoms with E-state index in [2.05, 4.69) is 10.4 Å². The highest BCUT2D eigenvalue weighted by Gasteiger charge is 2.31. The maximum Gasteiger partial charge on any atom is 0.260 e. The number of ether oxygens (including phenoxy) is 1. The SMILES string of the molecule is CCn1cc2c(n1)NC(=O)CC2c1ccccc1OCC(=O)N1CCCCC1. The van der Waals surface area contributed by atoms with Gasteiger partial charge in [0.1, 0.15) is 5.75 Å². The fraction of sp³-hybridized carbons (Fsp3) is 0.476. The van der Waals surface area contributed by atoms with Crippen LogP contribution < -0.4 is 10.1 Å². The molecular weight excluding hydrogens is 356 g/mol. The number of benzene rings is 1. The lowest BCUT2D eigenvalue weighted by molar-refractivity contribution is -0.134. The molecule has 1 atom stereocenters. The number of rotatable bonds is 5. The molecule has 1 saturated heterocycles. The number of likely N-dealkylation sites (tertiary alicyclic amines) is 1. The molecule has 0 radical (unpaired) electrons. The normalized spacial score (nSPS) is 19.1. The number of amides is 2. The number of hydrogen-bond donors (Lipinski definition) is 1. The number of aryl methyl sites for hydroxylation is 1. The van der Waals surface area contributed by atoms with Crippen LogP contribution in [0, 0.1) is 0 Å². The van der Waals surface area contributed by atoms with Gasteiger partial charge in [-0.05, 0) is 32.3 Å². The molecule has 2 aromatic rings. The Morgan fingerprint density at radius 3 is 2.79 bits per heavy atom. The summed E-state index contributed by atoms with van der Waals surface area (Å²) >= 11 is 0. The van der Waals surface area contributed by atoms with Gasteiger partial charge in [0.15, 0.2) is 12.4 Å². The van der Waals surface area contributed by atoms with Gasteiger partial charge in [0.25, 0.3) is 5.91 Å². The first-order valence-electron chi connectivity index (χ1n) is 10.0. The van der Waals surface area contributed by atoms with Gasteiger partial charge in [-0.2, -0.15) is 5.10 Å². The number of nitrogens with zero attached hydrogens (tertiary/aromatic N) is 3. The highest BCUT2D eigenvalue weighted by molar-refractivity contribution is 5.94. The first kappa shape index (κ1) is 18.5. The van der Waals surface area contributed by atoms with Crippen LogP contribution in [0.1, 0.15) is 49.7 Å². The van der Waals surface area contributed by atoms with Crippen LogP contribution in [-0.4, -0.2) is 46.2 Å². The second-order valence-electron chi connectivity index (χ2n) is 7.36. The Balaban J connectivity index is 1.55. The molecular formula is C21H26N4O3. The van der Waals surface area contributed by atoms with E-state index < -0.39 is 0 Å². The number of anilines is 1. The second-order valence-corrected chi connectivity index (χ2v) is 7.36. The molecule has 148 valence electrons. The van der Waals surface area contributed by atoms with Gasteiger partial charge in [0.05, 0.1) is 0 Å². The van der Waals surface area contributed by atoms with E-state index >= 15 is 0 Å². The molecule has 28 heavy (non-hydrogen) atoms. The van der Waals surface area contributed by atoms with E-state index in [-0.39, 0.29) is 24.3 Å². The van der Waals surface area contributed by atoms with Crippen molar-refractivity contribution in [3.05, 3.63) is 41.6 Å². The van der Waals surface area contributed by atoms with E-state index in [1.807, 2.05) is 47.0 Å². The summed E-state index contributed by atoms with van der Waals surface area (Å²) in [6, 6.07) is 7.67. The fourth-order valence-electron chi connectivity index (χ4n) is 3.98. The van der Waals surface area contributed by atoms with Crippen molar-refractivity contribution < 1.29 is 14.3 Å². The van der Waals surface area contributed by atoms with Crippen molar-refractivity contribution in [1.29, 1.82) is 0 Å². The van der Waals surface area contributed by atoms with Crippen molar-refractivity contribution in [2.75, 3.05) is 25.0 Å². The van der Waals surface area contributed by atoms with E-state index in [1.54, 1.807) is 0 Å². The van der Waals surface area contributed by atoms with Crippen LogP contribution in [0.4, 0.5) is 5.82 Å². The van der Waals surface area contributed by atoms with Crippen LogP contribution >= 0.6 is 0 Å². The average molecular weight is 382 g/mol. The zero-order chi connectivity index (χ0) is 19.5. The first-order chi connectivity index (χ1) is 13.7. The van der Waals surface area contributed by atoms with Crippen LogP contribution in [0.5, 0.6) is 5.75 Å². The maximum atomic E-state index is 12.5. The van der Waals surface area contributed by atoms with Crippen LogP contribution in [0.15, 0.2) is 30.5 Å². The van der Waals surface area contributed by atoms with E-state index in [0.717, 1.165) is 43.6 Å². The van der Waals surface area contributed by atoms with Crippen LogP contribution in [0.3, 0.4) is 0 Å². The van der Waals surface area contributed by atoms with Crippen LogP contribution in [0.2, 0.25) is 0 Å². The standard InChI is InChI=1S/C21H26N4O3/c1-2-25-13-17-16(12-19(26)22-21(17)23-25)15-8-4-5-9-18(15)28-14-20(27)24-10-6-3-7-11-24/h4-5,8-9,13,16H,2-3,6-7,10-12,14H2,1H3,(H,22,23,26). The topological polar surface area (TPSA) is 76.5 Å². The number of carbonyl (C=O) groups is 2. The lowest BCUT2D eigenvalue weighted by Gasteiger charge is -2.27. The summed E-state index contributed by atoms with van der Waals surface area (Å²) < 4.78 is 7.76. The summed E-state index contributed by atoms with van der Waals surface area (Å²) in [5.41, 5.74) is 1.90. The smallest absolute Gasteiger partial charge is 0.260 e. The van der Waals surface area contributed by atoms with Gasteiger partial charge in [0, 0.05) is 49.3 Å². The maximum absolute atomic E-state index is 12.5. The Morgan fingerprint density at radius 2 is 2.00 bits per heavy atom. The highest BCUT2D eigenvalue weighted by atomic mass is 16.5. The Kier molecular flexibility index (Phi) is 5.32. The number of aromatic nitrogens is 2. The molecule has 7 nitrogen and oxygen atoms in total. The van der Waals surface area contributed by atoms with E-state index in [1.165, 1.54) is 6.42 Å². The number of hydrogen-bond acceptors (Lipinski definition) is 4. The molecule has 0 spiro atoms. The molecule has 1 aromatic carbocycles. The molecule has 1 unspecified atom stereocenters. The summed E-state index contributed by atoms with van der Waals surface area (Å²) in [6.45, 7) is 4.39. The van der Waals surface area contributed by atoms with Gasteiger partial charge < -0.3 is 15.0 Å². The summed E-state index contributed by atoms with van der Waals surface area (Å²) in [5.74, 6) is 1.10. The zero-order valence-corrected chi connectivity index (χ0v) is 16.2. The minimum atomic E-state index is -0.134. The number of para-hydroxylation sites is 1. The molecule has 2 amide bonds. The van der Waals surface area contributed by atoms with Gasteiger partial charge in [-0.1, -0.05) is 18.2 Å². The van der Waals surface area contributed by atoms with Crippen LogP contribution in [-0.2, 0) is 16.1 Å². The van der Waals surface area contributed by atoms with E-state index in [9.17, 15) is 9.59 Å². The van der Waals surface area contributed by atoms with Gasteiger partial charge in [-0.25, -0.2) is 0 Å². The molecule has 2 aliphatic rings. The molecule has 1 N–H and O–H groups in total. The fourth-order valence-corrected chi connectivity index (χ4v) is 3.98. The summed E-state index contributed by atoms with van der Waals surface area (Å²) in [7, 11) is 0. The predicted octanol–water partition coefficient (Wildman–Crippen LogP) is 2.77. The van der Waals surface area contributed by atoms with Crippen molar-refractivity contribution in [2.45, 2.75) is 45.1 Å². The lowest BCUT2D eigenvalue weighted by atomic mass is 9.87. The van der Waals surface area contributed by atoms with Crippen molar-refractivity contribution in [1.82, 2.24) is 14.7 Å². The summed E-state index contributed by atoms with van der Waals surface area (Å²) in [6.07, 6.45) is 5.62. The number of nitrogens with one attached hydrogen (secondary N) is 1. The number of fused-ring (bicyclic) bond motifs is 1. The van der Waals surface area contributed by atoms with Crippen molar-refractivity contribution in [2.24, 2.45) is 0 Å². The van der Waals surface area contributed by atoms with Crippen molar-refractivity contribution >= 4 is 17.6 Å². The second kappa shape index (κ2) is 8.04. The van der Waals surface area contributed by atoms with Gasteiger partial charge in [-0.3, -0.25) is 14.3 Å². The van der Waals surface area contributed by atoms with Gasteiger partial charge in [-0.15, -0.1) is 0 Å². The lowest BCUT2D eigenvalue weighted by Crippen LogP contribution is -2.38. The Hall–Kier alpha value is -2.83. The van der Waals surface area contributed by atoms with Crippen molar-refractivity contribution in [3.8, 4) is 5.75 Å². The number of piperidine rings is 1. The molecule has 4 rings (SSSR count). The molecule has 1 aromatic heterocycles. The monoisotopic (exact) mass is 382 g/mol.